The smallest absolute Gasteiger partial charge is 0.132 e. The highest BCUT2D eigenvalue weighted by molar-refractivity contribution is 5.70. The molecule has 1 aromatic carbocycles. The van der Waals surface area contributed by atoms with Gasteiger partial charge in [-0.3, -0.25) is 4.68 Å². The number of likely N-dealkylation sites (tertiary alicyclic amines) is 1. The van der Waals surface area contributed by atoms with Crippen molar-refractivity contribution >= 4 is 5.82 Å². The van der Waals surface area contributed by atoms with Gasteiger partial charge >= 0.3 is 0 Å². The van der Waals surface area contributed by atoms with E-state index < -0.39 is 0 Å². The number of rotatable bonds is 6. The maximum atomic E-state index is 4.82. The van der Waals surface area contributed by atoms with Crippen LogP contribution in [0.25, 0.3) is 22.5 Å². The van der Waals surface area contributed by atoms with Gasteiger partial charge in [0.15, 0.2) is 0 Å². The summed E-state index contributed by atoms with van der Waals surface area (Å²) < 4.78 is 2.09. The molecule has 0 bridgehead atoms. The molecule has 3 aromatic rings. The van der Waals surface area contributed by atoms with Gasteiger partial charge in [-0.25, -0.2) is 9.97 Å². The van der Waals surface area contributed by atoms with Gasteiger partial charge in [0, 0.05) is 50.1 Å². The summed E-state index contributed by atoms with van der Waals surface area (Å²) >= 11 is 0. The fourth-order valence-electron chi connectivity index (χ4n) is 3.77. The average Bonchev–Trinajstić information content (AvgIpc) is 3.37. The molecule has 1 saturated heterocycles. The molecule has 0 radical (unpaired) electrons. The van der Waals surface area contributed by atoms with E-state index in [1.165, 1.54) is 13.0 Å². The summed E-state index contributed by atoms with van der Waals surface area (Å²) in [5, 5.41) is 4.82. The first-order valence-corrected chi connectivity index (χ1v) is 9.98. The van der Waals surface area contributed by atoms with E-state index in [9.17, 15) is 0 Å². The molecule has 0 spiro atoms. The van der Waals surface area contributed by atoms with Crippen LogP contribution >= 0.6 is 0 Å². The second-order valence-electron chi connectivity index (χ2n) is 7.70. The van der Waals surface area contributed by atoms with Crippen molar-refractivity contribution < 1.29 is 0 Å². The van der Waals surface area contributed by atoms with E-state index in [1.54, 1.807) is 6.33 Å². The third-order valence-electron chi connectivity index (χ3n) is 5.55. The zero-order valence-corrected chi connectivity index (χ0v) is 16.9. The van der Waals surface area contributed by atoms with Crippen molar-refractivity contribution in [2.75, 3.05) is 38.6 Å². The summed E-state index contributed by atoms with van der Waals surface area (Å²) in [6, 6.07) is 12.6. The Labute approximate surface area is 166 Å². The van der Waals surface area contributed by atoms with Gasteiger partial charge in [0.1, 0.15) is 12.1 Å². The average molecular weight is 377 g/mol. The lowest BCUT2D eigenvalue weighted by molar-refractivity contribution is 0.370. The van der Waals surface area contributed by atoms with Crippen molar-refractivity contribution in [2.24, 2.45) is 5.92 Å². The van der Waals surface area contributed by atoms with E-state index in [2.05, 4.69) is 74.9 Å². The highest BCUT2D eigenvalue weighted by Crippen LogP contribution is 2.26. The standard InChI is InChI=1S/C22H28N6/c1-4-27(3)22-13-21(23-16-24-22)19-7-5-6-18(12-19)20-9-11-28(25-20)15-17-8-10-26(2)14-17/h5-7,9,11-13,16-17H,4,8,10,14-15H2,1-3H3/t17-/m1/s1. The van der Waals surface area contributed by atoms with E-state index in [4.69, 9.17) is 5.10 Å². The molecule has 1 fully saturated rings. The molecule has 28 heavy (non-hydrogen) atoms. The van der Waals surface area contributed by atoms with Crippen LogP contribution in [-0.4, -0.2) is 58.4 Å². The van der Waals surface area contributed by atoms with E-state index in [-0.39, 0.29) is 0 Å². The maximum Gasteiger partial charge on any atom is 0.132 e. The summed E-state index contributed by atoms with van der Waals surface area (Å²) in [6.07, 6.45) is 4.99. The fourth-order valence-corrected chi connectivity index (χ4v) is 3.77. The highest BCUT2D eigenvalue weighted by Gasteiger charge is 2.20. The monoisotopic (exact) mass is 376 g/mol. The van der Waals surface area contributed by atoms with Gasteiger partial charge < -0.3 is 9.80 Å². The predicted molar refractivity (Wildman–Crippen MR) is 113 cm³/mol. The predicted octanol–water partition coefficient (Wildman–Crippen LogP) is 3.41. The lowest BCUT2D eigenvalue weighted by Gasteiger charge is -2.15. The minimum absolute atomic E-state index is 0.694. The zero-order valence-electron chi connectivity index (χ0n) is 16.9. The Bertz CT molecular complexity index is 934. The van der Waals surface area contributed by atoms with E-state index in [0.29, 0.717) is 5.92 Å². The first-order valence-electron chi connectivity index (χ1n) is 9.98. The Morgan fingerprint density at radius 2 is 1.93 bits per heavy atom. The number of benzene rings is 1. The molecule has 0 N–H and O–H groups in total. The van der Waals surface area contributed by atoms with E-state index in [0.717, 1.165) is 48.0 Å². The Morgan fingerprint density at radius 3 is 2.68 bits per heavy atom. The molecular weight excluding hydrogens is 348 g/mol. The van der Waals surface area contributed by atoms with Crippen LogP contribution in [0.1, 0.15) is 13.3 Å². The molecule has 6 heteroatoms. The summed E-state index contributed by atoms with van der Waals surface area (Å²) in [4.78, 5) is 13.3. The lowest BCUT2D eigenvalue weighted by atomic mass is 10.1. The van der Waals surface area contributed by atoms with Gasteiger partial charge in [0.2, 0.25) is 0 Å². The largest absolute Gasteiger partial charge is 0.360 e. The third-order valence-corrected chi connectivity index (χ3v) is 5.55. The number of hydrogen-bond acceptors (Lipinski definition) is 5. The first kappa shape index (κ1) is 18.6. The van der Waals surface area contributed by atoms with Crippen molar-refractivity contribution in [1.82, 2.24) is 24.6 Å². The summed E-state index contributed by atoms with van der Waals surface area (Å²) in [5.41, 5.74) is 4.13. The Morgan fingerprint density at radius 1 is 1.11 bits per heavy atom. The van der Waals surface area contributed by atoms with E-state index >= 15 is 0 Å². The molecule has 0 saturated carbocycles. The summed E-state index contributed by atoms with van der Waals surface area (Å²) in [7, 11) is 4.23. The molecule has 3 heterocycles. The normalized spacial score (nSPS) is 17.2. The van der Waals surface area contributed by atoms with Gasteiger partial charge in [-0.05, 0) is 45.0 Å². The molecule has 1 aliphatic heterocycles. The van der Waals surface area contributed by atoms with Crippen molar-refractivity contribution in [3.8, 4) is 22.5 Å². The topological polar surface area (TPSA) is 50.1 Å². The maximum absolute atomic E-state index is 4.82. The van der Waals surface area contributed by atoms with Crippen LogP contribution < -0.4 is 4.90 Å². The SMILES string of the molecule is CCN(C)c1cc(-c2cccc(-c3ccn(C[C@@H]4CCN(C)C4)n3)c2)ncn1. The number of anilines is 1. The van der Waals surface area contributed by atoms with Gasteiger partial charge in [0.05, 0.1) is 11.4 Å². The molecule has 2 aromatic heterocycles. The Balaban J connectivity index is 1.54. The molecular formula is C22H28N6. The molecule has 0 unspecified atom stereocenters. The summed E-state index contributed by atoms with van der Waals surface area (Å²) in [6.45, 7) is 6.36. The zero-order chi connectivity index (χ0) is 19.5. The van der Waals surface area contributed by atoms with Crippen LogP contribution in [0.4, 0.5) is 5.82 Å². The molecule has 6 nitrogen and oxygen atoms in total. The number of aromatic nitrogens is 4. The number of nitrogens with zero attached hydrogens (tertiary/aromatic N) is 6. The molecule has 4 rings (SSSR count). The third kappa shape index (κ3) is 4.07. The molecule has 146 valence electrons. The van der Waals surface area contributed by atoms with Crippen LogP contribution in [0.2, 0.25) is 0 Å². The highest BCUT2D eigenvalue weighted by atomic mass is 15.3. The molecule has 0 amide bonds. The quantitative estimate of drug-likeness (QED) is 0.660. The van der Waals surface area contributed by atoms with Gasteiger partial charge in [-0.2, -0.15) is 5.10 Å². The molecule has 1 aliphatic rings. The minimum Gasteiger partial charge on any atom is -0.360 e. The first-order chi connectivity index (χ1) is 13.6. The molecule has 0 aliphatic carbocycles. The molecule has 1 atom stereocenters. The van der Waals surface area contributed by atoms with Crippen molar-refractivity contribution in [1.29, 1.82) is 0 Å². The summed E-state index contributed by atoms with van der Waals surface area (Å²) in [5.74, 6) is 1.63. The van der Waals surface area contributed by atoms with Crippen molar-refractivity contribution in [2.45, 2.75) is 19.9 Å². The Kier molecular flexibility index (Phi) is 5.39. The second-order valence-corrected chi connectivity index (χ2v) is 7.70. The van der Waals surface area contributed by atoms with E-state index in [1.807, 2.05) is 13.1 Å². The van der Waals surface area contributed by atoms with Crippen LogP contribution in [0.3, 0.4) is 0 Å². The fraction of sp³-hybridized carbons (Fsp3) is 0.409. The van der Waals surface area contributed by atoms with Gasteiger partial charge in [-0.1, -0.05) is 18.2 Å². The van der Waals surface area contributed by atoms with Gasteiger partial charge in [0.25, 0.3) is 0 Å². The minimum atomic E-state index is 0.694. The van der Waals surface area contributed by atoms with Crippen LogP contribution in [-0.2, 0) is 6.54 Å². The van der Waals surface area contributed by atoms with Crippen LogP contribution in [0.15, 0.2) is 48.9 Å². The van der Waals surface area contributed by atoms with Crippen molar-refractivity contribution in [3.05, 3.63) is 48.9 Å². The number of hydrogen-bond donors (Lipinski definition) is 0. The van der Waals surface area contributed by atoms with Gasteiger partial charge in [-0.15, -0.1) is 0 Å². The lowest BCUT2D eigenvalue weighted by Crippen LogP contribution is -2.17. The Hall–Kier alpha value is -2.73. The van der Waals surface area contributed by atoms with Crippen LogP contribution in [0, 0.1) is 5.92 Å². The van der Waals surface area contributed by atoms with Crippen molar-refractivity contribution in [3.63, 3.8) is 0 Å². The van der Waals surface area contributed by atoms with Crippen LogP contribution in [0.5, 0.6) is 0 Å². The second kappa shape index (κ2) is 8.10.